The van der Waals surface area contributed by atoms with Gasteiger partial charge in [0.2, 0.25) is 6.29 Å². The van der Waals surface area contributed by atoms with Gasteiger partial charge in [-0.05, 0) is 68.9 Å². The number of benzene rings is 2. The van der Waals surface area contributed by atoms with Gasteiger partial charge in [-0.3, -0.25) is 9.32 Å². The molecule has 35 heavy (non-hydrogen) atoms. The number of phenolic OH excluding ortho intramolecular Hbond substituents is 1. The van der Waals surface area contributed by atoms with E-state index < -0.39 is 19.9 Å². The number of rotatable bonds is 13. The molecule has 0 heterocycles. The lowest BCUT2D eigenvalue weighted by molar-refractivity contribution is -0.158. The molecule has 0 aliphatic heterocycles. The van der Waals surface area contributed by atoms with E-state index in [-0.39, 0.29) is 17.7 Å². The summed E-state index contributed by atoms with van der Waals surface area (Å²) < 4.78 is 30.6. The lowest BCUT2D eigenvalue weighted by atomic mass is 9.91. The number of carbonyl (C=O) groups is 1. The lowest BCUT2D eigenvalue weighted by Gasteiger charge is -2.25. The Labute approximate surface area is 209 Å². The van der Waals surface area contributed by atoms with Gasteiger partial charge >= 0.3 is 13.6 Å². The average Bonchev–Trinajstić information content (AvgIpc) is 2.72. The van der Waals surface area contributed by atoms with E-state index in [0.717, 1.165) is 53.5 Å². The maximum atomic E-state index is 13.8. The quantitative estimate of drug-likeness (QED) is 0.129. The zero-order chi connectivity index (χ0) is 26.2. The Kier molecular flexibility index (Phi) is 10.6. The molecule has 2 aromatic carbocycles. The Bertz CT molecular complexity index is 1090. The van der Waals surface area contributed by atoms with Crippen molar-refractivity contribution in [1.82, 2.24) is 0 Å². The molecule has 2 atom stereocenters. The Morgan fingerprint density at radius 1 is 1.11 bits per heavy atom. The van der Waals surface area contributed by atoms with Crippen LogP contribution in [-0.4, -0.2) is 23.5 Å². The number of unbranched alkanes of at least 4 members (excludes halogenated alkanes) is 2. The van der Waals surface area contributed by atoms with E-state index in [2.05, 4.69) is 13.5 Å². The van der Waals surface area contributed by atoms with Gasteiger partial charge in [-0.2, -0.15) is 0 Å². The summed E-state index contributed by atoms with van der Waals surface area (Å²) >= 11 is 0. The van der Waals surface area contributed by atoms with Crippen LogP contribution in [0.4, 0.5) is 0 Å². The first-order chi connectivity index (χ1) is 16.5. The average molecular weight is 503 g/mol. The number of aromatic hydroxyl groups is 1. The van der Waals surface area contributed by atoms with Gasteiger partial charge in [-0.25, -0.2) is 4.57 Å². The SMILES string of the molecule is C=C(C)c1ccc(C)cc1-c1c(O)cc(CCCCC)cc1OP(=O)(CCC)OC(C)OC(C)=O. The number of esters is 1. The molecular formula is C28H39O6P. The summed E-state index contributed by atoms with van der Waals surface area (Å²) in [5.74, 6) is -0.225. The number of hydrogen-bond donors (Lipinski definition) is 1. The summed E-state index contributed by atoms with van der Waals surface area (Å²) in [4.78, 5) is 11.4. The number of phenols is 1. The molecule has 0 aromatic heterocycles. The highest BCUT2D eigenvalue weighted by atomic mass is 31.2. The summed E-state index contributed by atoms with van der Waals surface area (Å²) in [7, 11) is -3.73. The van der Waals surface area contributed by atoms with E-state index in [1.165, 1.54) is 13.8 Å². The molecule has 2 rings (SSSR count). The summed E-state index contributed by atoms with van der Waals surface area (Å²) in [6.45, 7) is 14.7. The van der Waals surface area contributed by atoms with Crippen LogP contribution in [0.5, 0.6) is 11.5 Å². The maximum Gasteiger partial charge on any atom is 0.382 e. The molecule has 0 aliphatic rings. The standard InChI is InChI=1S/C28H39O6P/c1-8-10-11-12-23-17-26(30)28(25-16-20(5)13-14-24(25)19(3)4)27(18-23)34-35(31,15-9-2)33-22(7)32-21(6)29/h13-14,16-18,22,30H,3,8-12,15H2,1-2,4-7H3. The van der Waals surface area contributed by atoms with Gasteiger partial charge in [0.1, 0.15) is 11.5 Å². The molecule has 0 amide bonds. The molecule has 0 aliphatic carbocycles. The third-order valence-corrected chi connectivity index (χ3v) is 7.58. The maximum absolute atomic E-state index is 13.8. The third-order valence-electron chi connectivity index (χ3n) is 5.49. The molecule has 0 saturated carbocycles. The van der Waals surface area contributed by atoms with Crippen molar-refractivity contribution in [3.05, 3.63) is 53.6 Å². The topological polar surface area (TPSA) is 82.1 Å². The number of hydrogen-bond acceptors (Lipinski definition) is 6. The summed E-state index contributed by atoms with van der Waals surface area (Å²) in [5, 5.41) is 11.2. The van der Waals surface area contributed by atoms with Crippen molar-refractivity contribution in [2.75, 3.05) is 6.16 Å². The molecule has 0 radical (unpaired) electrons. The molecule has 6 nitrogen and oxygen atoms in total. The zero-order valence-electron chi connectivity index (χ0n) is 21.8. The van der Waals surface area contributed by atoms with Crippen LogP contribution in [0.2, 0.25) is 0 Å². The second kappa shape index (κ2) is 12.9. The van der Waals surface area contributed by atoms with E-state index in [0.29, 0.717) is 12.0 Å². The molecule has 2 unspecified atom stereocenters. The fraction of sp³-hybridized carbons (Fsp3) is 0.464. The Balaban J connectivity index is 2.66. The van der Waals surface area contributed by atoms with Crippen LogP contribution in [0.25, 0.3) is 16.7 Å². The van der Waals surface area contributed by atoms with Gasteiger partial charge in [0.25, 0.3) is 0 Å². The molecule has 7 heteroatoms. The number of carbonyl (C=O) groups excluding carboxylic acids is 1. The second-order valence-corrected chi connectivity index (χ2v) is 11.0. The largest absolute Gasteiger partial charge is 0.507 e. The Morgan fingerprint density at radius 3 is 2.43 bits per heavy atom. The van der Waals surface area contributed by atoms with Gasteiger partial charge < -0.3 is 14.4 Å². The van der Waals surface area contributed by atoms with Gasteiger partial charge in [-0.15, -0.1) is 0 Å². The normalized spacial score (nSPS) is 13.7. The highest BCUT2D eigenvalue weighted by Crippen LogP contribution is 2.54. The minimum absolute atomic E-state index is 0.0400. The first-order valence-corrected chi connectivity index (χ1v) is 14.0. The first kappa shape index (κ1) is 28.7. The van der Waals surface area contributed by atoms with Crippen LogP contribution < -0.4 is 4.52 Å². The summed E-state index contributed by atoms with van der Waals surface area (Å²) in [5.41, 5.74) is 4.74. The van der Waals surface area contributed by atoms with Gasteiger partial charge in [0, 0.05) is 6.92 Å². The van der Waals surface area contributed by atoms with Crippen molar-refractivity contribution < 1.29 is 28.3 Å². The zero-order valence-corrected chi connectivity index (χ0v) is 22.7. The van der Waals surface area contributed by atoms with Crippen LogP contribution in [0.3, 0.4) is 0 Å². The van der Waals surface area contributed by atoms with E-state index >= 15 is 0 Å². The molecule has 0 fully saturated rings. The lowest BCUT2D eigenvalue weighted by Crippen LogP contribution is -2.17. The van der Waals surface area contributed by atoms with Crippen LogP contribution in [0.1, 0.15) is 77.0 Å². The molecule has 2 aromatic rings. The summed E-state index contributed by atoms with van der Waals surface area (Å²) in [6.07, 6.45) is 3.47. The highest BCUT2D eigenvalue weighted by Gasteiger charge is 2.31. The molecule has 0 spiro atoms. The fourth-order valence-corrected chi connectivity index (χ4v) is 5.71. The van der Waals surface area contributed by atoms with Gasteiger partial charge in [0.05, 0.1) is 11.7 Å². The highest BCUT2D eigenvalue weighted by molar-refractivity contribution is 7.54. The van der Waals surface area contributed by atoms with E-state index in [4.69, 9.17) is 13.8 Å². The van der Waals surface area contributed by atoms with E-state index in [9.17, 15) is 14.5 Å². The second-order valence-electron chi connectivity index (χ2n) is 8.98. The first-order valence-electron chi connectivity index (χ1n) is 12.3. The van der Waals surface area contributed by atoms with Crippen molar-refractivity contribution in [1.29, 1.82) is 0 Å². The number of allylic oxidation sites excluding steroid dienone is 1. The van der Waals surface area contributed by atoms with Crippen molar-refractivity contribution in [3.8, 4) is 22.6 Å². The molecule has 192 valence electrons. The monoisotopic (exact) mass is 502 g/mol. The predicted octanol–water partition coefficient (Wildman–Crippen LogP) is 8.04. The smallest absolute Gasteiger partial charge is 0.382 e. The fourth-order valence-electron chi connectivity index (χ4n) is 3.98. The van der Waals surface area contributed by atoms with Crippen molar-refractivity contribution >= 4 is 19.1 Å². The van der Waals surface area contributed by atoms with E-state index in [1.54, 1.807) is 6.07 Å². The van der Waals surface area contributed by atoms with E-state index in [1.807, 2.05) is 45.0 Å². The third kappa shape index (κ3) is 8.26. The van der Waals surface area contributed by atoms with Crippen LogP contribution in [0, 0.1) is 6.92 Å². The predicted molar refractivity (Wildman–Crippen MR) is 142 cm³/mol. The Hall–Kier alpha value is -2.56. The van der Waals surface area contributed by atoms with Gasteiger partial charge in [-0.1, -0.05) is 62.6 Å². The van der Waals surface area contributed by atoms with Crippen LogP contribution >= 0.6 is 7.60 Å². The van der Waals surface area contributed by atoms with Crippen LogP contribution in [0.15, 0.2) is 36.9 Å². The number of aryl methyl sites for hydroxylation is 2. The van der Waals surface area contributed by atoms with Gasteiger partial charge in [0.15, 0.2) is 0 Å². The van der Waals surface area contributed by atoms with Crippen molar-refractivity contribution in [2.24, 2.45) is 0 Å². The van der Waals surface area contributed by atoms with Crippen molar-refractivity contribution in [3.63, 3.8) is 0 Å². The Morgan fingerprint density at radius 2 is 1.83 bits per heavy atom. The minimum Gasteiger partial charge on any atom is -0.507 e. The van der Waals surface area contributed by atoms with Crippen LogP contribution in [-0.2, 0) is 25.0 Å². The molecule has 0 bridgehead atoms. The molecule has 1 N–H and O–H groups in total. The molecular weight excluding hydrogens is 463 g/mol. The van der Waals surface area contributed by atoms with Crippen molar-refractivity contribution in [2.45, 2.75) is 79.9 Å². The minimum atomic E-state index is -3.73. The number of ether oxygens (including phenoxy) is 1. The molecule has 0 saturated heterocycles. The summed E-state index contributed by atoms with van der Waals surface area (Å²) in [6, 6.07) is 9.47.